The highest BCUT2D eigenvalue weighted by molar-refractivity contribution is 6.30. The summed E-state index contributed by atoms with van der Waals surface area (Å²) < 4.78 is 0. The lowest BCUT2D eigenvalue weighted by atomic mass is 9.77. The Balaban J connectivity index is 1.94. The van der Waals surface area contributed by atoms with Gasteiger partial charge in [-0.15, -0.1) is 0 Å². The molecule has 0 bridgehead atoms. The topological polar surface area (TPSA) is 41.1 Å². The molecule has 0 spiro atoms. The maximum atomic E-state index is 12.4. The van der Waals surface area contributed by atoms with Gasteiger partial charge in [-0.05, 0) is 43.5 Å². The first-order chi connectivity index (χ1) is 9.16. The van der Waals surface area contributed by atoms with Crippen molar-refractivity contribution in [2.75, 3.05) is 13.1 Å². The minimum absolute atomic E-state index is 0.164. The number of rotatable bonds is 4. The van der Waals surface area contributed by atoms with Gasteiger partial charge in [0.1, 0.15) is 0 Å². The third-order valence-electron chi connectivity index (χ3n) is 4.00. The molecule has 0 radical (unpaired) electrons. The zero-order chi connectivity index (χ0) is 13.7. The lowest BCUT2D eigenvalue weighted by Crippen LogP contribution is -2.50. The molecule has 0 saturated carbocycles. The molecule has 4 heteroatoms. The molecule has 0 aliphatic carbocycles. The standard InChI is InChI=1S/C15H21ClN2O/c1-2-15(8-3-9-17-11-15)14(19)18-10-12-4-6-13(16)7-5-12/h4-7,17H,2-3,8-11H2,1H3,(H,18,19). The number of carbonyl (C=O) groups is 1. The van der Waals surface area contributed by atoms with Crippen molar-refractivity contribution in [3.63, 3.8) is 0 Å². The van der Waals surface area contributed by atoms with E-state index >= 15 is 0 Å². The van der Waals surface area contributed by atoms with Gasteiger partial charge in [-0.3, -0.25) is 4.79 Å². The molecule has 2 rings (SSSR count). The summed E-state index contributed by atoms with van der Waals surface area (Å²) in [5.41, 5.74) is 0.845. The zero-order valence-corrected chi connectivity index (χ0v) is 12.1. The highest BCUT2D eigenvalue weighted by atomic mass is 35.5. The first kappa shape index (κ1) is 14.4. The number of benzene rings is 1. The van der Waals surface area contributed by atoms with Gasteiger partial charge < -0.3 is 10.6 Å². The third kappa shape index (κ3) is 3.48. The second-order valence-corrected chi connectivity index (χ2v) is 5.66. The average Bonchev–Trinajstić information content (AvgIpc) is 2.47. The molecule has 1 amide bonds. The quantitative estimate of drug-likeness (QED) is 0.890. The largest absolute Gasteiger partial charge is 0.352 e. The van der Waals surface area contributed by atoms with Crippen LogP contribution >= 0.6 is 11.6 Å². The van der Waals surface area contributed by atoms with Crippen LogP contribution in [0.25, 0.3) is 0 Å². The fourth-order valence-electron chi connectivity index (χ4n) is 2.60. The Morgan fingerprint density at radius 1 is 1.42 bits per heavy atom. The van der Waals surface area contributed by atoms with Crippen LogP contribution in [0.1, 0.15) is 31.7 Å². The molecule has 3 nitrogen and oxygen atoms in total. The Labute approximate surface area is 119 Å². The van der Waals surface area contributed by atoms with E-state index in [1.54, 1.807) is 0 Å². The number of carbonyl (C=O) groups excluding carboxylic acids is 1. The van der Waals surface area contributed by atoms with Crippen LogP contribution in [0.15, 0.2) is 24.3 Å². The first-order valence-corrected chi connectivity index (χ1v) is 7.27. The molecule has 104 valence electrons. The molecule has 1 atom stereocenters. The molecule has 19 heavy (non-hydrogen) atoms. The summed E-state index contributed by atoms with van der Waals surface area (Å²) >= 11 is 5.85. The van der Waals surface area contributed by atoms with Crippen molar-refractivity contribution in [3.8, 4) is 0 Å². The average molecular weight is 281 g/mol. The van der Waals surface area contributed by atoms with Crippen molar-refractivity contribution in [2.24, 2.45) is 5.41 Å². The van der Waals surface area contributed by atoms with Gasteiger partial charge in [-0.2, -0.15) is 0 Å². The van der Waals surface area contributed by atoms with E-state index < -0.39 is 0 Å². The van der Waals surface area contributed by atoms with E-state index in [-0.39, 0.29) is 11.3 Å². The molecule has 1 unspecified atom stereocenters. The van der Waals surface area contributed by atoms with Crippen LogP contribution in [0.3, 0.4) is 0 Å². The number of halogens is 1. The van der Waals surface area contributed by atoms with Crippen molar-refractivity contribution < 1.29 is 4.79 Å². The highest BCUT2D eigenvalue weighted by Gasteiger charge is 2.37. The summed E-state index contributed by atoms with van der Waals surface area (Å²) in [5, 5.41) is 7.11. The normalized spacial score (nSPS) is 23.1. The van der Waals surface area contributed by atoms with Crippen LogP contribution < -0.4 is 10.6 Å². The lowest BCUT2D eigenvalue weighted by molar-refractivity contribution is -0.132. The van der Waals surface area contributed by atoms with Crippen LogP contribution in [-0.2, 0) is 11.3 Å². The van der Waals surface area contributed by atoms with Gasteiger partial charge >= 0.3 is 0 Å². The number of piperidine rings is 1. The molecule has 1 fully saturated rings. The van der Waals surface area contributed by atoms with E-state index in [0.29, 0.717) is 6.54 Å². The van der Waals surface area contributed by atoms with Crippen molar-refractivity contribution in [2.45, 2.75) is 32.7 Å². The van der Waals surface area contributed by atoms with Crippen molar-refractivity contribution in [1.82, 2.24) is 10.6 Å². The summed E-state index contributed by atoms with van der Waals surface area (Å²) in [6.07, 6.45) is 2.93. The van der Waals surface area contributed by atoms with Crippen molar-refractivity contribution in [1.29, 1.82) is 0 Å². The van der Waals surface area contributed by atoms with Crippen molar-refractivity contribution >= 4 is 17.5 Å². The predicted molar refractivity (Wildman–Crippen MR) is 78.1 cm³/mol. The molecular formula is C15H21ClN2O. The molecular weight excluding hydrogens is 260 g/mol. The Hall–Kier alpha value is -1.06. The van der Waals surface area contributed by atoms with Crippen LogP contribution in [0.2, 0.25) is 5.02 Å². The summed E-state index contributed by atoms with van der Waals surface area (Å²) in [6, 6.07) is 7.59. The van der Waals surface area contributed by atoms with E-state index in [0.717, 1.165) is 42.9 Å². The molecule has 1 aliphatic rings. The van der Waals surface area contributed by atoms with Gasteiger partial charge in [0.05, 0.1) is 5.41 Å². The Morgan fingerprint density at radius 3 is 2.74 bits per heavy atom. The summed E-state index contributed by atoms with van der Waals surface area (Å²) in [7, 11) is 0. The Bertz CT molecular complexity index is 424. The minimum Gasteiger partial charge on any atom is -0.352 e. The van der Waals surface area contributed by atoms with Crippen LogP contribution in [-0.4, -0.2) is 19.0 Å². The van der Waals surface area contributed by atoms with Gasteiger partial charge in [0.2, 0.25) is 5.91 Å². The van der Waals surface area contributed by atoms with Crippen LogP contribution in [0, 0.1) is 5.41 Å². The molecule has 2 N–H and O–H groups in total. The second kappa shape index (κ2) is 6.40. The SMILES string of the molecule is CCC1(C(=O)NCc2ccc(Cl)cc2)CCCNC1. The number of hydrogen-bond donors (Lipinski definition) is 2. The van der Waals surface area contributed by atoms with Gasteiger partial charge in [-0.25, -0.2) is 0 Å². The lowest BCUT2D eigenvalue weighted by Gasteiger charge is -2.35. The molecule has 0 aromatic heterocycles. The fraction of sp³-hybridized carbons (Fsp3) is 0.533. The zero-order valence-electron chi connectivity index (χ0n) is 11.3. The highest BCUT2D eigenvalue weighted by Crippen LogP contribution is 2.30. The molecule has 1 aromatic rings. The maximum absolute atomic E-state index is 12.4. The van der Waals surface area contributed by atoms with E-state index in [9.17, 15) is 4.79 Å². The smallest absolute Gasteiger partial charge is 0.227 e. The monoisotopic (exact) mass is 280 g/mol. The second-order valence-electron chi connectivity index (χ2n) is 5.22. The summed E-state index contributed by atoms with van der Waals surface area (Å²) in [6.45, 7) is 4.47. The Morgan fingerprint density at radius 2 is 2.16 bits per heavy atom. The number of nitrogens with one attached hydrogen (secondary N) is 2. The van der Waals surface area contributed by atoms with Crippen molar-refractivity contribution in [3.05, 3.63) is 34.9 Å². The minimum atomic E-state index is -0.231. The molecule has 1 aromatic carbocycles. The molecule has 1 aliphatic heterocycles. The van der Waals surface area contributed by atoms with Crippen LogP contribution in [0.4, 0.5) is 0 Å². The molecule has 1 heterocycles. The number of hydrogen-bond acceptors (Lipinski definition) is 2. The van der Waals surface area contributed by atoms with E-state index in [1.165, 1.54) is 0 Å². The van der Waals surface area contributed by atoms with Gasteiger partial charge in [0, 0.05) is 18.1 Å². The van der Waals surface area contributed by atoms with E-state index in [1.807, 2.05) is 24.3 Å². The predicted octanol–water partition coefficient (Wildman–Crippen LogP) is 2.74. The van der Waals surface area contributed by atoms with Gasteiger partial charge in [0.25, 0.3) is 0 Å². The molecule has 1 saturated heterocycles. The third-order valence-corrected chi connectivity index (χ3v) is 4.25. The van der Waals surface area contributed by atoms with Crippen LogP contribution in [0.5, 0.6) is 0 Å². The Kier molecular flexibility index (Phi) is 4.83. The number of amides is 1. The summed E-state index contributed by atoms with van der Waals surface area (Å²) in [4.78, 5) is 12.4. The summed E-state index contributed by atoms with van der Waals surface area (Å²) in [5.74, 6) is 0.164. The fourth-order valence-corrected chi connectivity index (χ4v) is 2.72. The van der Waals surface area contributed by atoms with E-state index in [4.69, 9.17) is 11.6 Å². The van der Waals surface area contributed by atoms with Gasteiger partial charge in [0.15, 0.2) is 0 Å². The van der Waals surface area contributed by atoms with Gasteiger partial charge in [-0.1, -0.05) is 30.7 Å². The maximum Gasteiger partial charge on any atom is 0.227 e. The van der Waals surface area contributed by atoms with E-state index in [2.05, 4.69) is 17.6 Å². The first-order valence-electron chi connectivity index (χ1n) is 6.90.